The summed E-state index contributed by atoms with van der Waals surface area (Å²) in [6, 6.07) is 8.72. The predicted molar refractivity (Wildman–Crippen MR) is 72.1 cm³/mol. The van der Waals surface area contributed by atoms with E-state index in [4.69, 9.17) is 5.11 Å². The number of benzene rings is 1. The van der Waals surface area contributed by atoms with E-state index < -0.39 is 5.97 Å². The molecule has 18 heavy (non-hydrogen) atoms. The van der Waals surface area contributed by atoms with Crippen molar-refractivity contribution in [3.8, 4) is 0 Å². The maximum atomic E-state index is 10.7. The van der Waals surface area contributed by atoms with Gasteiger partial charge in [0.05, 0.1) is 0 Å². The van der Waals surface area contributed by atoms with Crippen molar-refractivity contribution in [2.45, 2.75) is 25.8 Å². The molecule has 2 N–H and O–H groups in total. The van der Waals surface area contributed by atoms with Crippen molar-refractivity contribution in [2.24, 2.45) is 0 Å². The summed E-state index contributed by atoms with van der Waals surface area (Å²) in [6.45, 7) is 4.83. The normalized spacial score (nSPS) is 19.8. The lowest BCUT2D eigenvalue weighted by atomic mass is 10.1. The molecule has 0 amide bonds. The first-order valence-electron chi connectivity index (χ1n) is 6.42. The summed E-state index contributed by atoms with van der Waals surface area (Å²) < 4.78 is 0. The van der Waals surface area contributed by atoms with E-state index in [0.717, 1.165) is 19.6 Å². The zero-order chi connectivity index (χ0) is 13.0. The number of rotatable bonds is 4. The van der Waals surface area contributed by atoms with Gasteiger partial charge in [-0.25, -0.2) is 0 Å². The fraction of sp³-hybridized carbons (Fsp3) is 0.500. The summed E-state index contributed by atoms with van der Waals surface area (Å²) in [7, 11) is 0. The van der Waals surface area contributed by atoms with Gasteiger partial charge in [-0.2, -0.15) is 0 Å². The molecular weight excluding hydrogens is 228 g/mol. The Morgan fingerprint density at radius 2 is 2.17 bits per heavy atom. The Morgan fingerprint density at radius 1 is 1.44 bits per heavy atom. The van der Waals surface area contributed by atoms with Crippen molar-refractivity contribution >= 4 is 11.7 Å². The van der Waals surface area contributed by atoms with Crippen molar-refractivity contribution in [1.29, 1.82) is 0 Å². The molecule has 1 aromatic carbocycles. The molecule has 0 radical (unpaired) electrons. The minimum absolute atomic E-state index is 0.231. The molecule has 2 rings (SSSR count). The van der Waals surface area contributed by atoms with E-state index in [2.05, 4.69) is 41.4 Å². The van der Waals surface area contributed by atoms with Gasteiger partial charge in [0, 0.05) is 37.8 Å². The van der Waals surface area contributed by atoms with Gasteiger partial charge in [0.2, 0.25) is 0 Å². The number of carboxylic acid groups (broad SMARTS) is 1. The van der Waals surface area contributed by atoms with E-state index >= 15 is 0 Å². The van der Waals surface area contributed by atoms with Gasteiger partial charge >= 0.3 is 5.97 Å². The summed E-state index contributed by atoms with van der Waals surface area (Å²) in [5.74, 6) is -0.718. The number of anilines is 1. The smallest absolute Gasteiger partial charge is 0.303 e. The van der Waals surface area contributed by atoms with Crippen molar-refractivity contribution in [1.82, 2.24) is 5.32 Å². The van der Waals surface area contributed by atoms with Gasteiger partial charge in [-0.1, -0.05) is 17.7 Å². The Labute approximate surface area is 108 Å². The maximum Gasteiger partial charge on any atom is 0.303 e. The number of nitrogens with one attached hydrogen (secondary N) is 1. The molecule has 1 aromatic rings. The topological polar surface area (TPSA) is 52.6 Å². The number of aliphatic carboxylic acids is 1. The Kier molecular flexibility index (Phi) is 4.20. The fourth-order valence-corrected chi connectivity index (χ4v) is 2.39. The Morgan fingerprint density at radius 3 is 2.83 bits per heavy atom. The second-order valence-corrected chi connectivity index (χ2v) is 4.82. The van der Waals surface area contributed by atoms with Gasteiger partial charge in [-0.15, -0.1) is 0 Å². The minimum atomic E-state index is -0.718. The highest BCUT2D eigenvalue weighted by molar-refractivity contribution is 5.66. The minimum Gasteiger partial charge on any atom is -0.481 e. The van der Waals surface area contributed by atoms with E-state index in [-0.39, 0.29) is 12.5 Å². The zero-order valence-electron chi connectivity index (χ0n) is 10.7. The van der Waals surface area contributed by atoms with Crippen LogP contribution in [0, 0.1) is 6.92 Å². The van der Waals surface area contributed by atoms with Crippen LogP contribution in [0.15, 0.2) is 24.3 Å². The molecule has 1 fully saturated rings. The molecule has 4 heteroatoms. The van der Waals surface area contributed by atoms with Crippen LogP contribution in [0.25, 0.3) is 0 Å². The van der Waals surface area contributed by atoms with Crippen LogP contribution in [0.4, 0.5) is 5.69 Å². The van der Waals surface area contributed by atoms with Crippen LogP contribution >= 0.6 is 0 Å². The van der Waals surface area contributed by atoms with Crippen LogP contribution < -0.4 is 10.2 Å². The number of hydrogen-bond donors (Lipinski definition) is 2. The molecule has 1 heterocycles. The average molecular weight is 248 g/mol. The third-order valence-corrected chi connectivity index (χ3v) is 3.41. The molecule has 4 nitrogen and oxygen atoms in total. The van der Waals surface area contributed by atoms with Gasteiger partial charge in [0.15, 0.2) is 0 Å². The van der Waals surface area contributed by atoms with Gasteiger partial charge in [-0.05, 0) is 25.5 Å². The summed E-state index contributed by atoms with van der Waals surface area (Å²) >= 11 is 0. The SMILES string of the molecule is Cc1ccc(N2CCNCC2CCC(=O)O)cc1. The molecule has 98 valence electrons. The number of hydrogen-bond acceptors (Lipinski definition) is 3. The van der Waals surface area contributed by atoms with Crippen LogP contribution in [-0.4, -0.2) is 36.8 Å². The second-order valence-electron chi connectivity index (χ2n) is 4.82. The molecule has 1 saturated heterocycles. The number of carbonyl (C=O) groups is 1. The molecule has 0 aliphatic carbocycles. The highest BCUT2D eigenvalue weighted by Gasteiger charge is 2.22. The van der Waals surface area contributed by atoms with E-state index in [1.54, 1.807) is 0 Å². The predicted octanol–water partition coefficient (Wildman–Crippen LogP) is 1.64. The molecule has 1 atom stereocenters. The summed E-state index contributed by atoms with van der Waals surface area (Å²) in [4.78, 5) is 13.0. The number of piperazine rings is 1. The van der Waals surface area contributed by atoms with Gasteiger partial charge in [0.1, 0.15) is 0 Å². The average Bonchev–Trinajstić information content (AvgIpc) is 2.38. The first kappa shape index (κ1) is 12.9. The zero-order valence-corrected chi connectivity index (χ0v) is 10.7. The number of carboxylic acids is 1. The third-order valence-electron chi connectivity index (χ3n) is 3.41. The quantitative estimate of drug-likeness (QED) is 0.850. The first-order chi connectivity index (χ1) is 8.66. The van der Waals surface area contributed by atoms with Crippen molar-refractivity contribution < 1.29 is 9.90 Å². The van der Waals surface area contributed by atoms with E-state index in [9.17, 15) is 4.79 Å². The lowest BCUT2D eigenvalue weighted by Crippen LogP contribution is -2.51. The number of nitrogens with zero attached hydrogens (tertiary/aromatic N) is 1. The first-order valence-corrected chi connectivity index (χ1v) is 6.42. The van der Waals surface area contributed by atoms with Gasteiger partial charge < -0.3 is 15.3 Å². The molecule has 1 unspecified atom stereocenters. The second kappa shape index (κ2) is 5.87. The molecule has 1 aliphatic rings. The molecule has 0 bridgehead atoms. The van der Waals surface area contributed by atoms with Crippen LogP contribution in [0.5, 0.6) is 0 Å². The Balaban J connectivity index is 2.07. The summed E-state index contributed by atoms with van der Waals surface area (Å²) in [5.41, 5.74) is 2.44. The van der Waals surface area contributed by atoms with E-state index in [1.165, 1.54) is 11.3 Å². The largest absolute Gasteiger partial charge is 0.481 e. The third kappa shape index (κ3) is 3.23. The number of aryl methyl sites for hydroxylation is 1. The molecule has 0 spiro atoms. The fourth-order valence-electron chi connectivity index (χ4n) is 2.39. The molecule has 1 aliphatic heterocycles. The summed E-state index contributed by atoms with van der Waals surface area (Å²) in [6.07, 6.45) is 0.922. The molecule has 0 aromatic heterocycles. The molecular formula is C14H20N2O2. The summed E-state index contributed by atoms with van der Waals surface area (Å²) in [5, 5.41) is 12.1. The highest BCUT2D eigenvalue weighted by Crippen LogP contribution is 2.21. The van der Waals surface area contributed by atoms with Crippen LogP contribution in [0.1, 0.15) is 18.4 Å². The highest BCUT2D eigenvalue weighted by atomic mass is 16.4. The molecule has 0 saturated carbocycles. The van der Waals surface area contributed by atoms with Crippen molar-refractivity contribution in [3.05, 3.63) is 29.8 Å². The lowest BCUT2D eigenvalue weighted by molar-refractivity contribution is -0.137. The van der Waals surface area contributed by atoms with Gasteiger partial charge in [-0.3, -0.25) is 4.79 Å². The van der Waals surface area contributed by atoms with Crippen LogP contribution in [0.2, 0.25) is 0 Å². The standard InChI is InChI=1S/C14H20N2O2/c1-11-2-4-12(5-3-11)16-9-8-15-10-13(16)6-7-14(17)18/h2-5,13,15H,6-10H2,1H3,(H,17,18). The van der Waals surface area contributed by atoms with Crippen LogP contribution in [0.3, 0.4) is 0 Å². The Hall–Kier alpha value is -1.55. The maximum absolute atomic E-state index is 10.7. The van der Waals surface area contributed by atoms with E-state index in [0.29, 0.717) is 6.42 Å². The van der Waals surface area contributed by atoms with Gasteiger partial charge in [0.25, 0.3) is 0 Å². The lowest BCUT2D eigenvalue weighted by Gasteiger charge is -2.38. The van der Waals surface area contributed by atoms with Crippen LogP contribution in [-0.2, 0) is 4.79 Å². The monoisotopic (exact) mass is 248 g/mol. The van der Waals surface area contributed by atoms with E-state index in [1.807, 2.05) is 0 Å². The van der Waals surface area contributed by atoms with Crippen molar-refractivity contribution in [2.75, 3.05) is 24.5 Å². The van der Waals surface area contributed by atoms with Crippen molar-refractivity contribution in [3.63, 3.8) is 0 Å². The Bertz CT molecular complexity index is 403.